The average molecular weight is 558 g/mol. The van der Waals surface area contributed by atoms with Gasteiger partial charge < -0.3 is 40.1 Å². The number of ketones is 1. The SMILES string of the molecule is CCOP(=O)(O)OCC(CCO)CCCCCC(=O)CCCCOC1OC(O)[C@H](O)[C@H](O)C1NC(C)=O. The number of nitrogens with one attached hydrogen (secondary N) is 1. The fourth-order valence-electron chi connectivity index (χ4n) is 3.95. The van der Waals surface area contributed by atoms with Gasteiger partial charge in [0.05, 0.1) is 13.2 Å². The molecule has 1 aliphatic heterocycles. The normalized spacial score (nSPS) is 26.4. The van der Waals surface area contributed by atoms with Crippen molar-refractivity contribution in [3.05, 3.63) is 0 Å². The average Bonchev–Trinajstić information content (AvgIpc) is 2.82. The van der Waals surface area contributed by atoms with Gasteiger partial charge in [-0.3, -0.25) is 18.6 Å². The van der Waals surface area contributed by atoms with Gasteiger partial charge in [-0.05, 0) is 44.9 Å². The number of phosphoric ester groups is 1. The fraction of sp³-hybridized carbons (Fsp3) is 0.913. The third-order valence-electron chi connectivity index (χ3n) is 5.95. The number of aliphatic hydroxyl groups excluding tert-OH is 4. The van der Waals surface area contributed by atoms with Crippen LogP contribution in [0.2, 0.25) is 0 Å². The van der Waals surface area contributed by atoms with Crippen molar-refractivity contribution in [2.45, 2.75) is 102 Å². The highest BCUT2D eigenvalue weighted by atomic mass is 31.2. The lowest BCUT2D eigenvalue weighted by Gasteiger charge is -2.40. The molecule has 0 bridgehead atoms. The van der Waals surface area contributed by atoms with E-state index in [1.165, 1.54) is 6.92 Å². The number of unbranched alkanes of at least 4 members (excludes halogenated alkanes) is 3. The van der Waals surface area contributed by atoms with Crippen LogP contribution in [-0.2, 0) is 32.7 Å². The molecule has 1 amide bonds. The zero-order valence-corrected chi connectivity index (χ0v) is 22.6. The Morgan fingerprint density at radius 1 is 1.00 bits per heavy atom. The van der Waals surface area contributed by atoms with E-state index in [9.17, 15) is 39.5 Å². The molecule has 0 radical (unpaired) electrons. The predicted octanol–water partition coefficient (Wildman–Crippen LogP) is 0.746. The van der Waals surface area contributed by atoms with E-state index in [1.54, 1.807) is 6.92 Å². The van der Waals surface area contributed by atoms with E-state index in [0.717, 1.165) is 12.8 Å². The van der Waals surface area contributed by atoms with Crippen molar-refractivity contribution < 1.29 is 58.0 Å². The van der Waals surface area contributed by atoms with Crippen LogP contribution in [0, 0.1) is 5.92 Å². The number of amides is 1. The van der Waals surface area contributed by atoms with E-state index < -0.39 is 44.6 Å². The quantitative estimate of drug-likeness (QED) is 0.0907. The maximum atomic E-state index is 12.1. The third-order valence-corrected chi connectivity index (χ3v) is 7.01. The van der Waals surface area contributed by atoms with Crippen LogP contribution >= 0.6 is 7.82 Å². The number of hydrogen-bond donors (Lipinski definition) is 6. The maximum Gasteiger partial charge on any atom is 0.472 e. The van der Waals surface area contributed by atoms with Crippen molar-refractivity contribution >= 4 is 19.5 Å². The first-order chi connectivity index (χ1) is 17.5. The van der Waals surface area contributed by atoms with Crippen molar-refractivity contribution in [2.75, 3.05) is 26.4 Å². The molecule has 7 atom stereocenters. The molecular formula is C23H44NO12P. The summed E-state index contributed by atoms with van der Waals surface area (Å²) in [6.45, 7) is 3.03. The van der Waals surface area contributed by atoms with Gasteiger partial charge in [-0.15, -0.1) is 0 Å². The lowest BCUT2D eigenvalue weighted by atomic mass is 9.98. The van der Waals surface area contributed by atoms with Gasteiger partial charge in [0.1, 0.15) is 24.0 Å². The maximum absolute atomic E-state index is 12.1. The first-order valence-corrected chi connectivity index (χ1v) is 14.3. The molecule has 0 aromatic rings. The number of phosphoric acid groups is 1. The molecule has 1 saturated heterocycles. The summed E-state index contributed by atoms with van der Waals surface area (Å²) in [7, 11) is -4.06. The number of aliphatic hydroxyl groups is 4. The highest BCUT2D eigenvalue weighted by Crippen LogP contribution is 2.43. The Kier molecular flexibility index (Phi) is 16.9. The molecule has 0 aliphatic carbocycles. The minimum Gasteiger partial charge on any atom is -0.396 e. The summed E-state index contributed by atoms with van der Waals surface area (Å²) in [5.74, 6) is -0.414. The first kappa shape index (κ1) is 34.0. The molecule has 14 heteroatoms. The summed E-state index contributed by atoms with van der Waals surface area (Å²) in [5.41, 5.74) is 0. The molecule has 0 saturated carbocycles. The second-order valence-corrected chi connectivity index (χ2v) is 10.6. The summed E-state index contributed by atoms with van der Waals surface area (Å²) in [6, 6.07) is -1.04. The van der Waals surface area contributed by atoms with Crippen molar-refractivity contribution in [3.63, 3.8) is 0 Å². The summed E-state index contributed by atoms with van der Waals surface area (Å²) in [6.07, 6.45) is -0.477. The minimum absolute atomic E-state index is 0.0191. The number of ether oxygens (including phenoxy) is 2. The zero-order valence-electron chi connectivity index (χ0n) is 21.7. The highest BCUT2D eigenvalue weighted by molar-refractivity contribution is 7.47. The van der Waals surface area contributed by atoms with Gasteiger partial charge in [-0.2, -0.15) is 0 Å². The van der Waals surface area contributed by atoms with E-state index in [4.69, 9.17) is 14.0 Å². The topological polar surface area (TPSA) is 201 Å². The fourth-order valence-corrected chi connectivity index (χ4v) is 4.75. The smallest absolute Gasteiger partial charge is 0.396 e. The van der Waals surface area contributed by atoms with Gasteiger partial charge in [-0.25, -0.2) is 4.57 Å². The third kappa shape index (κ3) is 14.1. The van der Waals surface area contributed by atoms with Crippen LogP contribution in [0.1, 0.15) is 71.6 Å². The molecule has 1 heterocycles. The highest BCUT2D eigenvalue weighted by Gasteiger charge is 2.44. The Bertz CT molecular complexity index is 711. The standard InChI is InChI=1S/C23H44NO12P/c1-3-34-37(31,32)35-15-17(12-13-25)9-5-4-6-10-18(27)11-7-8-14-33-23-19(24-16(2)26)20(28)21(29)22(30)36-23/h17,19-23,25,28-30H,3-15H2,1-2H3,(H,24,26)(H,31,32)/t17?,19?,20-,21-,22?,23?/m1/s1. The first-order valence-electron chi connectivity index (χ1n) is 12.8. The summed E-state index contributed by atoms with van der Waals surface area (Å²) in [4.78, 5) is 33.0. The van der Waals surface area contributed by atoms with E-state index >= 15 is 0 Å². The monoisotopic (exact) mass is 557 g/mol. The van der Waals surface area contributed by atoms with Gasteiger partial charge in [0.2, 0.25) is 5.91 Å². The van der Waals surface area contributed by atoms with Crippen molar-refractivity contribution in [3.8, 4) is 0 Å². The van der Waals surface area contributed by atoms with Crippen LogP contribution < -0.4 is 5.32 Å². The molecule has 13 nitrogen and oxygen atoms in total. The number of hydrogen-bond acceptors (Lipinski definition) is 11. The van der Waals surface area contributed by atoms with Gasteiger partial charge in [0.15, 0.2) is 12.6 Å². The molecule has 0 aromatic carbocycles. The Labute approximate surface area is 218 Å². The van der Waals surface area contributed by atoms with Crippen LogP contribution in [0.4, 0.5) is 0 Å². The molecule has 0 spiro atoms. The van der Waals surface area contributed by atoms with Gasteiger partial charge >= 0.3 is 7.82 Å². The number of carbonyl (C=O) groups is 2. The van der Waals surface area contributed by atoms with E-state index in [-0.39, 0.29) is 38.1 Å². The molecule has 5 unspecified atom stereocenters. The van der Waals surface area contributed by atoms with E-state index in [1.807, 2.05) is 0 Å². The molecule has 1 aliphatic rings. The molecular weight excluding hydrogens is 513 g/mol. The molecule has 37 heavy (non-hydrogen) atoms. The summed E-state index contributed by atoms with van der Waals surface area (Å²) in [5, 5.41) is 41.1. The molecule has 1 rings (SSSR count). The molecule has 1 fully saturated rings. The van der Waals surface area contributed by atoms with E-state index in [2.05, 4.69) is 9.84 Å². The molecule has 0 aromatic heterocycles. The second kappa shape index (κ2) is 18.3. The Hall–Kier alpha value is -0.990. The van der Waals surface area contributed by atoms with Crippen molar-refractivity contribution in [1.29, 1.82) is 0 Å². The van der Waals surface area contributed by atoms with Gasteiger partial charge in [0, 0.05) is 33.0 Å². The minimum atomic E-state index is -4.06. The van der Waals surface area contributed by atoms with Crippen LogP contribution in [0.25, 0.3) is 0 Å². The van der Waals surface area contributed by atoms with Crippen molar-refractivity contribution in [1.82, 2.24) is 5.32 Å². The van der Waals surface area contributed by atoms with Crippen LogP contribution in [-0.4, -0.2) is 94.3 Å². The Morgan fingerprint density at radius 3 is 2.30 bits per heavy atom. The number of Topliss-reactive ketones (excluding diaryl/α,β-unsaturated/α-hetero) is 1. The van der Waals surface area contributed by atoms with Crippen molar-refractivity contribution in [2.24, 2.45) is 5.92 Å². The summed E-state index contributed by atoms with van der Waals surface area (Å²) >= 11 is 0. The van der Waals surface area contributed by atoms with Gasteiger partial charge in [-0.1, -0.05) is 12.8 Å². The van der Waals surface area contributed by atoms with Crippen LogP contribution in [0.3, 0.4) is 0 Å². The predicted molar refractivity (Wildman–Crippen MR) is 131 cm³/mol. The zero-order chi connectivity index (χ0) is 27.8. The lowest BCUT2D eigenvalue weighted by molar-refractivity contribution is -0.315. The van der Waals surface area contributed by atoms with Crippen LogP contribution in [0.5, 0.6) is 0 Å². The Balaban J connectivity index is 2.21. The lowest BCUT2D eigenvalue weighted by Crippen LogP contribution is -2.63. The molecule has 6 N–H and O–H groups in total. The number of carbonyl (C=O) groups excluding carboxylic acids is 2. The van der Waals surface area contributed by atoms with Gasteiger partial charge in [0.25, 0.3) is 0 Å². The second-order valence-electron chi connectivity index (χ2n) is 9.13. The largest absolute Gasteiger partial charge is 0.472 e. The Morgan fingerprint density at radius 2 is 1.68 bits per heavy atom. The number of rotatable bonds is 20. The molecule has 218 valence electrons. The van der Waals surface area contributed by atoms with Crippen LogP contribution in [0.15, 0.2) is 0 Å². The van der Waals surface area contributed by atoms with E-state index in [0.29, 0.717) is 44.9 Å². The summed E-state index contributed by atoms with van der Waals surface area (Å²) < 4.78 is 31.9.